The number of urea groups is 1. The maximum Gasteiger partial charge on any atom is 0.328 e. The highest BCUT2D eigenvalue weighted by Gasteiger charge is 2.55. The topological polar surface area (TPSA) is 102 Å². The Morgan fingerprint density at radius 1 is 1.06 bits per heavy atom. The number of halogens is 1. The summed E-state index contributed by atoms with van der Waals surface area (Å²) in [6.07, 6.45) is 0. The van der Waals surface area contributed by atoms with Gasteiger partial charge in [0, 0.05) is 18.7 Å². The zero-order valence-corrected chi connectivity index (χ0v) is 19.9. The number of fused-ring (bicyclic) bond motifs is 1. The monoisotopic (exact) mass is 492 g/mol. The third-order valence-electron chi connectivity index (χ3n) is 6.51. The summed E-state index contributed by atoms with van der Waals surface area (Å²) in [7, 11) is 0. The van der Waals surface area contributed by atoms with Crippen molar-refractivity contribution in [3.8, 4) is 0 Å². The number of amides is 3. The number of nitrogens with one attached hydrogen (secondary N) is 1. The van der Waals surface area contributed by atoms with E-state index in [2.05, 4.69) is 10.3 Å². The number of nitrogens with zero attached hydrogens (tertiary/aromatic N) is 3. The molecule has 8 nitrogen and oxygen atoms in total. The number of rotatable bonds is 6. The van der Waals surface area contributed by atoms with Gasteiger partial charge in [0.15, 0.2) is 0 Å². The lowest BCUT2D eigenvalue weighted by Crippen LogP contribution is -2.44. The van der Waals surface area contributed by atoms with Gasteiger partial charge in [0.05, 0.1) is 6.54 Å². The molecule has 1 unspecified atom stereocenters. The first kappa shape index (κ1) is 24.2. The van der Waals surface area contributed by atoms with E-state index in [4.69, 9.17) is 0 Å². The molecule has 2 N–H and O–H groups in total. The summed E-state index contributed by atoms with van der Waals surface area (Å²) in [6.45, 7) is 2.66. The van der Waals surface area contributed by atoms with Crippen molar-refractivity contribution >= 4 is 46.9 Å². The summed E-state index contributed by atoms with van der Waals surface area (Å²) in [6, 6.07) is 20.5. The molecule has 9 heteroatoms. The number of imide groups is 1. The van der Waals surface area contributed by atoms with Gasteiger partial charge in [0.1, 0.15) is 17.9 Å². The minimum atomic E-state index is -1.35. The quantitative estimate of drug-likeness (QED) is 0.514. The zero-order chi connectivity index (χ0) is 23.9. The molecule has 2 aliphatic rings. The average Bonchev–Trinajstić information content (AvgIpc) is 3.44. The van der Waals surface area contributed by atoms with Gasteiger partial charge in [0.2, 0.25) is 0 Å². The highest BCUT2D eigenvalue weighted by atomic mass is 35.5. The molecule has 0 bridgehead atoms. The van der Waals surface area contributed by atoms with E-state index < -0.39 is 30.0 Å². The summed E-state index contributed by atoms with van der Waals surface area (Å²) in [4.78, 5) is 44.9. The number of hydrogen-bond donors (Lipinski definition) is 2. The van der Waals surface area contributed by atoms with Crippen LogP contribution in [-0.4, -0.2) is 58.3 Å². The van der Waals surface area contributed by atoms with Crippen LogP contribution >= 0.6 is 12.4 Å². The highest BCUT2D eigenvalue weighted by Crippen LogP contribution is 2.38. The van der Waals surface area contributed by atoms with Gasteiger partial charge in [-0.2, -0.15) is 0 Å². The van der Waals surface area contributed by atoms with Gasteiger partial charge in [-0.15, -0.1) is 12.4 Å². The fourth-order valence-electron chi connectivity index (χ4n) is 4.65. The number of aliphatic imine (C=N–C) groups is 1. The molecular formula is C26H25ClN4O4. The fourth-order valence-corrected chi connectivity index (χ4v) is 4.65. The van der Waals surface area contributed by atoms with E-state index in [0.29, 0.717) is 12.1 Å². The minimum absolute atomic E-state index is 0. The molecular weight excluding hydrogens is 468 g/mol. The molecule has 3 aromatic rings. The second kappa shape index (κ2) is 9.38. The fraction of sp³-hybridized carbons (Fsp3) is 0.231. The summed E-state index contributed by atoms with van der Waals surface area (Å²) in [5.41, 5.74) is 1.01. The van der Waals surface area contributed by atoms with Crippen molar-refractivity contribution in [1.82, 2.24) is 15.1 Å². The van der Waals surface area contributed by atoms with Crippen LogP contribution in [0.4, 0.5) is 4.79 Å². The molecule has 2 aliphatic heterocycles. The number of aliphatic carboxylic acids is 1. The Morgan fingerprint density at radius 3 is 2.43 bits per heavy atom. The molecule has 180 valence electrons. The number of amidine groups is 1. The molecule has 0 aromatic heterocycles. The van der Waals surface area contributed by atoms with Gasteiger partial charge in [-0.3, -0.25) is 19.5 Å². The van der Waals surface area contributed by atoms with Crippen LogP contribution in [0.25, 0.3) is 10.8 Å². The van der Waals surface area contributed by atoms with Crippen molar-refractivity contribution in [1.29, 1.82) is 0 Å². The Hall–Kier alpha value is -3.91. The Bertz CT molecular complexity index is 1340. The molecule has 1 saturated heterocycles. The van der Waals surface area contributed by atoms with E-state index in [9.17, 15) is 19.5 Å². The average molecular weight is 493 g/mol. The minimum Gasteiger partial charge on any atom is -0.480 e. The number of carboxylic acids is 1. The lowest BCUT2D eigenvalue weighted by molar-refractivity contribution is -0.143. The van der Waals surface area contributed by atoms with Crippen LogP contribution in [0.1, 0.15) is 23.6 Å². The van der Waals surface area contributed by atoms with Crippen LogP contribution in [0, 0.1) is 0 Å². The molecule has 0 aliphatic carbocycles. The molecule has 3 aromatic carbocycles. The van der Waals surface area contributed by atoms with Gasteiger partial charge in [-0.05, 0) is 34.9 Å². The number of carboxylic acid groups (broad SMARTS) is 1. The third-order valence-corrected chi connectivity index (χ3v) is 6.51. The smallest absolute Gasteiger partial charge is 0.328 e. The van der Waals surface area contributed by atoms with E-state index in [1.54, 1.807) is 19.1 Å². The first-order valence-electron chi connectivity index (χ1n) is 11.1. The highest BCUT2D eigenvalue weighted by molar-refractivity contribution is 6.09. The second-order valence-corrected chi connectivity index (χ2v) is 8.64. The van der Waals surface area contributed by atoms with E-state index in [1.165, 1.54) is 4.90 Å². The van der Waals surface area contributed by atoms with Crippen LogP contribution in [-0.2, 0) is 21.7 Å². The van der Waals surface area contributed by atoms with E-state index in [0.717, 1.165) is 39.2 Å². The number of carbonyl (C=O) groups excluding carboxylic acids is 2. The normalized spacial score (nSPS) is 19.5. The van der Waals surface area contributed by atoms with Crippen molar-refractivity contribution < 1.29 is 19.5 Å². The Morgan fingerprint density at radius 2 is 1.77 bits per heavy atom. The van der Waals surface area contributed by atoms with Crippen LogP contribution in [0.2, 0.25) is 0 Å². The van der Waals surface area contributed by atoms with Gasteiger partial charge < -0.3 is 15.3 Å². The summed E-state index contributed by atoms with van der Waals surface area (Å²) >= 11 is 0. The van der Waals surface area contributed by atoms with Gasteiger partial charge in [-0.1, -0.05) is 60.7 Å². The molecule has 0 saturated carbocycles. The molecule has 0 spiro atoms. The predicted molar refractivity (Wildman–Crippen MR) is 135 cm³/mol. The molecule has 0 radical (unpaired) electrons. The maximum atomic E-state index is 13.5. The van der Waals surface area contributed by atoms with Gasteiger partial charge in [-0.25, -0.2) is 4.79 Å². The standard InChI is InChI=1S/C26H24N4O4.ClH/c1-26(21-10-8-19(9-11-21)23-27-12-13-28-23)24(33)29(16-22(31)32)25(34)30(26)15-17-6-7-18-4-2-3-5-20(18)14-17;/h2-11,14H,12-13,15-16H2,1H3,(H,27,28)(H,31,32);1H. The van der Waals surface area contributed by atoms with Crippen molar-refractivity contribution in [2.24, 2.45) is 4.99 Å². The second-order valence-electron chi connectivity index (χ2n) is 8.64. The summed E-state index contributed by atoms with van der Waals surface area (Å²) in [5, 5.41) is 14.6. The van der Waals surface area contributed by atoms with E-state index in [1.807, 2.05) is 54.6 Å². The summed E-state index contributed by atoms with van der Waals surface area (Å²) < 4.78 is 0. The molecule has 1 fully saturated rings. The molecule has 5 rings (SSSR count). The molecule has 2 heterocycles. The molecule has 3 amide bonds. The summed E-state index contributed by atoms with van der Waals surface area (Å²) in [5.74, 6) is -0.993. The van der Waals surface area contributed by atoms with Gasteiger partial charge in [0.25, 0.3) is 5.91 Å². The number of carbonyl (C=O) groups is 3. The maximum absolute atomic E-state index is 13.5. The van der Waals surface area contributed by atoms with Crippen molar-refractivity contribution in [2.45, 2.75) is 19.0 Å². The molecule has 1 atom stereocenters. The van der Waals surface area contributed by atoms with Crippen LogP contribution < -0.4 is 5.32 Å². The first-order valence-corrected chi connectivity index (χ1v) is 11.1. The lowest BCUT2D eigenvalue weighted by Gasteiger charge is -2.32. The van der Waals surface area contributed by atoms with Crippen LogP contribution in [0.3, 0.4) is 0 Å². The molecule has 35 heavy (non-hydrogen) atoms. The number of hydrogen-bond acceptors (Lipinski definition) is 5. The van der Waals surface area contributed by atoms with Crippen LogP contribution in [0.5, 0.6) is 0 Å². The van der Waals surface area contributed by atoms with Gasteiger partial charge >= 0.3 is 12.0 Å². The number of benzene rings is 3. The van der Waals surface area contributed by atoms with E-state index >= 15 is 0 Å². The van der Waals surface area contributed by atoms with Crippen LogP contribution in [0.15, 0.2) is 71.7 Å². The SMILES string of the molecule is CC1(c2ccc(C3=NCCN3)cc2)C(=O)N(CC(=O)O)C(=O)N1Cc1ccc2ccccc2c1.Cl. The lowest BCUT2D eigenvalue weighted by atomic mass is 9.89. The van der Waals surface area contributed by atoms with Crippen molar-refractivity contribution in [2.75, 3.05) is 19.6 Å². The van der Waals surface area contributed by atoms with Crippen molar-refractivity contribution in [3.05, 3.63) is 83.4 Å². The Balaban J connectivity index is 0.00000289. The third kappa shape index (κ3) is 4.21. The largest absolute Gasteiger partial charge is 0.480 e. The Kier molecular flexibility index (Phi) is 6.49. The van der Waals surface area contributed by atoms with Crippen molar-refractivity contribution in [3.63, 3.8) is 0 Å². The first-order chi connectivity index (χ1) is 16.4. The zero-order valence-electron chi connectivity index (χ0n) is 19.1. The Labute approximate surface area is 208 Å². The predicted octanol–water partition coefficient (Wildman–Crippen LogP) is 3.38. The van der Waals surface area contributed by atoms with E-state index in [-0.39, 0.29) is 19.0 Å².